The van der Waals surface area contributed by atoms with Crippen LogP contribution in [0.25, 0.3) is 21.3 Å². The smallest absolute Gasteiger partial charge is 0.234 e. The fraction of sp³-hybridized carbons (Fsp3) is 0.167. The highest BCUT2D eigenvalue weighted by Gasteiger charge is 2.15. The quantitative estimate of drug-likeness (QED) is 0.259. The zero-order valence-electron chi connectivity index (χ0n) is 18.1. The first-order valence-electron chi connectivity index (χ1n) is 10.3. The number of nitrogens with one attached hydrogen (secondary N) is 2. The van der Waals surface area contributed by atoms with Crippen LogP contribution < -0.4 is 15.4 Å². The molecule has 4 rings (SSSR count). The van der Waals surface area contributed by atoms with Gasteiger partial charge in [-0.2, -0.15) is 0 Å². The molecule has 0 atom stereocenters. The number of carbonyl (C=O) groups excluding carboxylic acids is 2. The molecule has 2 aromatic heterocycles. The highest BCUT2D eigenvalue weighted by Crippen LogP contribution is 2.37. The van der Waals surface area contributed by atoms with Crippen molar-refractivity contribution in [3.8, 4) is 16.9 Å². The predicted octanol–water partition coefficient (Wildman–Crippen LogP) is 5.45. The molecule has 0 aliphatic heterocycles. The van der Waals surface area contributed by atoms with Crippen molar-refractivity contribution in [3.63, 3.8) is 0 Å². The Hall–Kier alpha value is -3.43. The van der Waals surface area contributed by atoms with E-state index in [1.807, 2.05) is 18.2 Å². The molecule has 0 unspecified atom stereocenters. The largest absolute Gasteiger partial charge is 0.494 e. The standard InChI is InChI=1S/C24H22N4O3S2/c1-3-20(29)28-18-10-9-16(11-19(18)31-2)27-21(30)13-33-24-22-17(15-7-5-4-6-8-15)12-32-23(22)25-14-26-24/h4-12,14H,3,13H2,1-2H3,(H,27,30)(H,28,29). The third kappa shape index (κ3) is 5.32. The van der Waals surface area contributed by atoms with Gasteiger partial charge in [-0.25, -0.2) is 9.97 Å². The van der Waals surface area contributed by atoms with Gasteiger partial charge in [-0.15, -0.1) is 11.3 Å². The van der Waals surface area contributed by atoms with Gasteiger partial charge in [-0.1, -0.05) is 49.0 Å². The summed E-state index contributed by atoms with van der Waals surface area (Å²) in [4.78, 5) is 34.0. The molecule has 9 heteroatoms. The highest BCUT2D eigenvalue weighted by atomic mass is 32.2. The second-order valence-electron chi connectivity index (χ2n) is 7.03. The Balaban J connectivity index is 1.47. The molecule has 33 heavy (non-hydrogen) atoms. The zero-order chi connectivity index (χ0) is 23.2. The van der Waals surface area contributed by atoms with Crippen molar-refractivity contribution < 1.29 is 14.3 Å². The average Bonchev–Trinajstić information content (AvgIpc) is 3.29. The molecule has 0 bridgehead atoms. The summed E-state index contributed by atoms with van der Waals surface area (Å²) in [7, 11) is 1.52. The van der Waals surface area contributed by atoms with E-state index >= 15 is 0 Å². The number of amides is 2. The Bertz CT molecular complexity index is 1290. The first kappa shape index (κ1) is 22.8. The maximum atomic E-state index is 12.6. The zero-order valence-corrected chi connectivity index (χ0v) is 19.8. The van der Waals surface area contributed by atoms with Gasteiger partial charge < -0.3 is 15.4 Å². The first-order valence-corrected chi connectivity index (χ1v) is 12.1. The van der Waals surface area contributed by atoms with Crippen molar-refractivity contribution in [3.05, 3.63) is 60.2 Å². The third-order valence-corrected chi connectivity index (χ3v) is 6.72. The molecular weight excluding hydrogens is 456 g/mol. The van der Waals surface area contributed by atoms with Crippen LogP contribution in [0.5, 0.6) is 5.75 Å². The summed E-state index contributed by atoms with van der Waals surface area (Å²) < 4.78 is 5.35. The van der Waals surface area contributed by atoms with Crippen molar-refractivity contribution in [1.29, 1.82) is 0 Å². The summed E-state index contributed by atoms with van der Waals surface area (Å²) in [6.07, 6.45) is 1.90. The summed E-state index contributed by atoms with van der Waals surface area (Å²) in [5.41, 5.74) is 3.30. The molecule has 4 aromatic rings. The van der Waals surface area contributed by atoms with Crippen molar-refractivity contribution in [2.24, 2.45) is 0 Å². The molecule has 168 valence electrons. The number of methoxy groups -OCH3 is 1. The van der Waals surface area contributed by atoms with Crippen LogP contribution in [-0.4, -0.2) is 34.6 Å². The van der Waals surface area contributed by atoms with Crippen LogP contribution in [0.4, 0.5) is 11.4 Å². The lowest BCUT2D eigenvalue weighted by atomic mass is 10.1. The number of hydrogen-bond donors (Lipinski definition) is 2. The van der Waals surface area contributed by atoms with Gasteiger partial charge in [0.05, 0.1) is 23.9 Å². The molecule has 0 radical (unpaired) electrons. The fourth-order valence-electron chi connectivity index (χ4n) is 3.23. The van der Waals surface area contributed by atoms with Gasteiger partial charge in [0.2, 0.25) is 11.8 Å². The molecule has 0 aliphatic rings. The van der Waals surface area contributed by atoms with Crippen LogP contribution in [0.3, 0.4) is 0 Å². The number of thioether (sulfide) groups is 1. The Kier molecular flexibility index (Phi) is 7.21. The average molecular weight is 479 g/mol. The second-order valence-corrected chi connectivity index (χ2v) is 8.85. The fourth-order valence-corrected chi connectivity index (χ4v) is 5.02. The van der Waals surface area contributed by atoms with E-state index in [2.05, 4.69) is 38.1 Å². The van der Waals surface area contributed by atoms with Gasteiger partial charge in [0.1, 0.15) is 21.9 Å². The Morgan fingerprint density at radius 2 is 1.88 bits per heavy atom. The van der Waals surface area contributed by atoms with Crippen LogP contribution in [-0.2, 0) is 9.59 Å². The molecule has 0 aliphatic carbocycles. The minimum absolute atomic E-state index is 0.110. The molecular formula is C24H22N4O3S2. The highest BCUT2D eigenvalue weighted by molar-refractivity contribution is 8.00. The van der Waals surface area contributed by atoms with E-state index in [1.165, 1.54) is 25.2 Å². The van der Waals surface area contributed by atoms with E-state index in [0.29, 0.717) is 23.5 Å². The van der Waals surface area contributed by atoms with Crippen LogP contribution >= 0.6 is 23.1 Å². The van der Waals surface area contributed by atoms with Crippen molar-refractivity contribution in [1.82, 2.24) is 9.97 Å². The SMILES string of the molecule is CCC(=O)Nc1ccc(NC(=O)CSc2ncnc3scc(-c4ccccc4)c23)cc1OC. The monoisotopic (exact) mass is 478 g/mol. The number of fused-ring (bicyclic) bond motifs is 1. The Labute approximate surface area is 199 Å². The number of anilines is 2. The van der Waals surface area contributed by atoms with Gasteiger partial charge in [0.15, 0.2) is 0 Å². The number of rotatable bonds is 8. The van der Waals surface area contributed by atoms with E-state index in [1.54, 1.807) is 36.5 Å². The molecule has 0 spiro atoms. The lowest BCUT2D eigenvalue weighted by molar-refractivity contribution is -0.116. The first-order chi connectivity index (χ1) is 16.1. The van der Waals surface area contributed by atoms with Crippen LogP contribution in [0, 0.1) is 0 Å². The van der Waals surface area contributed by atoms with Crippen molar-refractivity contribution in [2.75, 3.05) is 23.5 Å². The van der Waals surface area contributed by atoms with Gasteiger partial charge in [-0.3, -0.25) is 9.59 Å². The maximum Gasteiger partial charge on any atom is 0.234 e. The van der Waals surface area contributed by atoms with E-state index < -0.39 is 0 Å². The van der Waals surface area contributed by atoms with E-state index in [9.17, 15) is 9.59 Å². The number of nitrogens with zero attached hydrogens (tertiary/aromatic N) is 2. The number of ether oxygens (including phenoxy) is 1. The van der Waals surface area contributed by atoms with Crippen molar-refractivity contribution >= 4 is 56.5 Å². The number of hydrogen-bond acceptors (Lipinski definition) is 7. The number of aromatic nitrogens is 2. The minimum atomic E-state index is -0.171. The molecule has 0 saturated heterocycles. The molecule has 2 heterocycles. The summed E-state index contributed by atoms with van der Waals surface area (Å²) in [6.45, 7) is 1.78. The van der Waals surface area contributed by atoms with Crippen LogP contribution in [0.1, 0.15) is 13.3 Å². The maximum absolute atomic E-state index is 12.6. The lowest BCUT2D eigenvalue weighted by Gasteiger charge is -2.12. The molecule has 2 aromatic carbocycles. The number of carbonyl (C=O) groups is 2. The lowest BCUT2D eigenvalue weighted by Crippen LogP contribution is -2.15. The van der Waals surface area contributed by atoms with Crippen molar-refractivity contribution in [2.45, 2.75) is 18.4 Å². The van der Waals surface area contributed by atoms with E-state index in [0.717, 1.165) is 26.4 Å². The molecule has 0 saturated carbocycles. The van der Waals surface area contributed by atoms with Gasteiger partial charge in [0.25, 0.3) is 0 Å². The molecule has 2 N–H and O–H groups in total. The Morgan fingerprint density at radius 3 is 2.64 bits per heavy atom. The van der Waals surface area contributed by atoms with Gasteiger partial charge >= 0.3 is 0 Å². The second kappa shape index (κ2) is 10.5. The third-order valence-electron chi connectivity index (χ3n) is 4.84. The molecule has 2 amide bonds. The minimum Gasteiger partial charge on any atom is -0.494 e. The summed E-state index contributed by atoms with van der Waals surface area (Å²) in [5, 5.41) is 9.46. The molecule has 7 nitrogen and oxygen atoms in total. The number of benzene rings is 2. The van der Waals surface area contributed by atoms with Crippen LogP contribution in [0.15, 0.2) is 65.3 Å². The summed E-state index contributed by atoms with van der Waals surface area (Å²) in [5.74, 6) is 0.384. The summed E-state index contributed by atoms with van der Waals surface area (Å²) in [6, 6.07) is 15.2. The van der Waals surface area contributed by atoms with E-state index in [-0.39, 0.29) is 17.6 Å². The summed E-state index contributed by atoms with van der Waals surface area (Å²) >= 11 is 2.93. The Morgan fingerprint density at radius 1 is 1.06 bits per heavy atom. The van der Waals surface area contributed by atoms with Gasteiger partial charge in [-0.05, 0) is 17.7 Å². The van der Waals surface area contributed by atoms with Gasteiger partial charge in [0, 0.05) is 29.1 Å². The predicted molar refractivity (Wildman–Crippen MR) is 134 cm³/mol. The molecule has 0 fully saturated rings. The topological polar surface area (TPSA) is 93.2 Å². The number of thiophene rings is 1. The van der Waals surface area contributed by atoms with E-state index in [4.69, 9.17) is 4.74 Å². The normalized spacial score (nSPS) is 10.7. The van der Waals surface area contributed by atoms with Crippen LogP contribution in [0.2, 0.25) is 0 Å².